The summed E-state index contributed by atoms with van der Waals surface area (Å²) in [6.07, 6.45) is 1.70. The Hall–Kier alpha value is -2.17. The van der Waals surface area contributed by atoms with Gasteiger partial charge in [0.25, 0.3) is 0 Å². The summed E-state index contributed by atoms with van der Waals surface area (Å²) in [5.41, 5.74) is 0.799. The molecule has 1 aromatic heterocycles. The fourth-order valence-electron chi connectivity index (χ4n) is 1.33. The van der Waals surface area contributed by atoms with Crippen LogP contribution < -0.4 is 0 Å². The molecule has 0 amide bonds. The van der Waals surface area contributed by atoms with E-state index in [2.05, 4.69) is 4.98 Å². The van der Waals surface area contributed by atoms with E-state index in [4.69, 9.17) is 0 Å². The average molecular weight is 206 g/mol. The fourth-order valence-corrected chi connectivity index (χ4v) is 1.33. The second-order valence-electron chi connectivity index (χ2n) is 3.01. The number of nitro benzene ring substituents is 1. The minimum absolute atomic E-state index is 0.512. The molecule has 0 saturated heterocycles. The van der Waals surface area contributed by atoms with E-state index in [9.17, 15) is 14.5 Å². The molecule has 15 heavy (non-hydrogen) atoms. The van der Waals surface area contributed by atoms with Gasteiger partial charge in [0, 0.05) is 23.5 Å². The van der Waals surface area contributed by atoms with Crippen molar-refractivity contribution < 1.29 is 9.31 Å². The predicted octanol–water partition coefficient (Wildman–Crippen LogP) is 2.73. The summed E-state index contributed by atoms with van der Waals surface area (Å²) in [6.45, 7) is 0. The molecule has 76 valence electrons. The van der Waals surface area contributed by atoms with Gasteiger partial charge in [0.15, 0.2) is 0 Å². The van der Waals surface area contributed by atoms with E-state index in [1.807, 2.05) is 0 Å². The van der Waals surface area contributed by atoms with E-state index in [1.54, 1.807) is 18.3 Å². The Morgan fingerprint density at radius 1 is 1.33 bits per heavy atom. The van der Waals surface area contributed by atoms with Gasteiger partial charge in [-0.2, -0.15) is 4.39 Å². The van der Waals surface area contributed by atoms with Crippen LogP contribution in [0.1, 0.15) is 0 Å². The number of hydrogen-bond donors (Lipinski definition) is 1. The van der Waals surface area contributed by atoms with Crippen LogP contribution in [-0.2, 0) is 0 Å². The van der Waals surface area contributed by atoms with Crippen LogP contribution in [0.15, 0.2) is 36.5 Å². The monoisotopic (exact) mass is 206 g/mol. The highest BCUT2D eigenvalue weighted by Gasteiger charge is 2.14. The zero-order valence-corrected chi connectivity index (χ0v) is 7.61. The highest BCUT2D eigenvalue weighted by Crippen LogP contribution is 2.24. The molecule has 1 heterocycles. The number of aromatic nitrogens is 1. The Labute approximate surface area is 84.5 Å². The highest BCUT2D eigenvalue weighted by molar-refractivity contribution is 5.62. The molecule has 0 fully saturated rings. The fraction of sp³-hybridized carbons (Fsp3) is 0. The zero-order chi connectivity index (χ0) is 10.8. The lowest BCUT2D eigenvalue weighted by Crippen LogP contribution is -1.92. The number of hydrogen-bond acceptors (Lipinski definition) is 2. The summed E-state index contributed by atoms with van der Waals surface area (Å²) in [5.74, 6) is -0.824. The van der Waals surface area contributed by atoms with Crippen molar-refractivity contribution in [2.45, 2.75) is 0 Å². The van der Waals surface area contributed by atoms with E-state index in [0.29, 0.717) is 5.56 Å². The maximum absolute atomic E-state index is 13.0. The van der Waals surface area contributed by atoms with Crippen molar-refractivity contribution in [1.29, 1.82) is 0 Å². The Kier molecular flexibility index (Phi) is 2.21. The molecule has 2 aromatic rings. The molecule has 0 aliphatic heterocycles. The first-order chi connectivity index (χ1) is 7.18. The van der Waals surface area contributed by atoms with Crippen LogP contribution in [0.25, 0.3) is 11.3 Å². The zero-order valence-electron chi connectivity index (χ0n) is 7.61. The minimum atomic E-state index is -0.824. The number of H-pyrrole nitrogens is 1. The molecule has 1 aromatic carbocycles. The maximum atomic E-state index is 13.0. The first-order valence-corrected chi connectivity index (χ1v) is 4.26. The van der Waals surface area contributed by atoms with Crippen LogP contribution >= 0.6 is 0 Å². The number of rotatable bonds is 2. The molecule has 0 aliphatic carbocycles. The number of nitrogens with one attached hydrogen (secondary N) is 1. The van der Waals surface area contributed by atoms with Crippen LogP contribution in [0.2, 0.25) is 0 Å². The van der Waals surface area contributed by atoms with Gasteiger partial charge in [-0.3, -0.25) is 10.1 Å². The lowest BCUT2D eigenvalue weighted by Gasteiger charge is -1.98. The molecule has 0 bridgehead atoms. The van der Waals surface area contributed by atoms with E-state index in [1.165, 1.54) is 12.1 Å². The van der Waals surface area contributed by atoms with Crippen molar-refractivity contribution >= 4 is 5.69 Å². The summed E-state index contributed by atoms with van der Waals surface area (Å²) in [7, 11) is 0. The summed E-state index contributed by atoms with van der Waals surface area (Å²) in [6, 6.07) is 7.32. The van der Waals surface area contributed by atoms with Crippen LogP contribution in [0.3, 0.4) is 0 Å². The van der Waals surface area contributed by atoms with Gasteiger partial charge in [-0.15, -0.1) is 0 Å². The van der Waals surface area contributed by atoms with Gasteiger partial charge < -0.3 is 4.98 Å². The van der Waals surface area contributed by atoms with Gasteiger partial charge in [0.05, 0.1) is 4.92 Å². The van der Waals surface area contributed by atoms with Gasteiger partial charge >= 0.3 is 5.69 Å². The quantitative estimate of drug-likeness (QED) is 0.606. The Balaban J connectivity index is 2.52. The van der Waals surface area contributed by atoms with Crippen LogP contribution in [0, 0.1) is 15.9 Å². The molecule has 0 saturated carbocycles. The molecule has 1 N–H and O–H groups in total. The first-order valence-electron chi connectivity index (χ1n) is 4.26. The molecule has 0 unspecified atom stereocenters. The third-order valence-corrected chi connectivity index (χ3v) is 2.05. The predicted molar refractivity (Wildman–Crippen MR) is 52.8 cm³/mol. The molecule has 2 rings (SSSR count). The average Bonchev–Trinajstić information content (AvgIpc) is 2.71. The smallest absolute Gasteiger partial charge is 0.305 e. The molecule has 5 heteroatoms. The summed E-state index contributed by atoms with van der Waals surface area (Å²) >= 11 is 0. The van der Waals surface area contributed by atoms with Gasteiger partial charge in [-0.25, -0.2) is 0 Å². The third kappa shape index (κ3) is 1.71. The van der Waals surface area contributed by atoms with Crippen molar-refractivity contribution in [3.63, 3.8) is 0 Å². The number of aromatic amines is 1. The van der Waals surface area contributed by atoms with E-state index in [-0.39, 0.29) is 0 Å². The Morgan fingerprint density at radius 2 is 2.13 bits per heavy atom. The van der Waals surface area contributed by atoms with Crippen LogP contribution in [0.5, 0.6) is 0 Å². The van der Waals surface area contributed by atoms with Crippen LogP contribution in [0.4, 0.5) is 10.1 Å². The maximum Gasteiger partial charge on any atom is 0.305 e. The van der Waals surface area contributed by atoms with Crippen molar-refractivity contribution in [3.05, 3.63) is 52.5 Å². The van der Waals surface area contributed by atoms with Gasteiger partial charge in [0.1, 0.15) is 0 Å². The molecular weight excluding hydrogens is 199 g/mol. The van der Waals surface area contributed by atoms with Gasteiger partial charge in [-0.05, 0) is 24.3 Å². The van der Waals surface area contributed by atoms with Crippen molar-refractivity contribution in [2.75, 3.05) is 0 Å². The molecule has 0 aliphatic rings. The van der Waals surface area contributed by atoms with Crippen molar-refractivity contribution in [1.82, 2.24) is 4.98 Å². The molecule has 0 spiro atoms. The topological polar surface area (TPSA) is 58.9 Å². The summed E-state index contributed by atoms with van der Waals surface area (Å²) in [5, 5.41) is 10.5. The number of benzene rings is 1. The Bertz CT molecular complexity index is 494. The number of nitro groups is 1. The van der Waals surface area contributed by atoms with Crippen molar-refractivity contribution in [2.24, 2.45) is 0 Å². The molecule has 4 nitrogen and oxygen atoms in total. The molecular formula is C10H7FN2O2. The van der Waals surface area contributed by atoms with E-state index in [0.717, 1.165) is 11.8 Å². The van der Waals surface area contributed by atoms with E-state index < -0.39 is 16.4 Å². The van der Waals surface area contributed by atoms with Crippen LogP contribution in [-0.4, -0.2) is 9.91 Å². The largest absolute Gasteiger partial charge is 0.361 e. The minimum Gasteiger partial charge on any atom is -0.361 e. The second-order valence-corrected chi connectivity index (χ2v) is 3.01. The number of halogens is 1. The lowest BCUT2D eigenvalue weighted by atomic mass is 10.1. The summed E-state index contributed by atoms with van der Waals surface area (Å²) < 4.78 is 13.0. The first kappa shape index (κ1) is 9.39. The highest BCUT2D eigenvalue weighted by atomic mass is 19.1. The van der Waals surface area contributed by atoms with E-state index >= 15 is 0 Å². The molecule has 0 atom stereocenters. The standard InChI is InChI=1S/C10H7FN2O2/c11-8-4-3-7(6-10(8)13(14)15)9-2-1-5-12-9/h1-6,12H. The van der Waals surface area contributed by atoms with Gasteiger partial charge in [0.2, 0.25) is 5.82 Å². The normalized spacial score (nSPS) is 10.2. The van der Waals surface area contributed by atoms with Gasteiger partial charge in [-0.1, -0.05) is 0 Å². The number of nitrogens with zero attached hydrogens (tertiary/aromatic N) is 1. The summed E-state index contributed by atoms with van der Waals surface area (Å²) in [4.78, 5) is 12.7. The lowest BCUT2D eigenvalue weighted by molar-refractivity contribution is -0.387. The SMILES string of the molecule is O=[N+]([O-])c1cc(-c2ccc[nH]2)ccc1F. The Morgan fingerprint density at radius 3 is 2.73 bits per heavy atom. The van der Waals surface area contributed by atoms with Crippen molar-refractivity contribution in [3.8, 4) is 11.3 Å². The second kappa shape index (κ2) is 3.53. The molecule has 0 radical (unpaired) electrons. The third-order valence-electron chi connectivity index (χ3n) is 2.05.